The van der Waals surface area contributed by atoms with Gasteiger partial charge in [0, 0.05) is 5.54 Å². The molecule has 2 N–H and O–H groups in total. The number of benzene rings is 1. The first-order valence-corrected chi connectivity index (χ1v) is 8.37. The van der Waals surface area contributed by atoms with Crippen LogP contribution in [0.25, 0.3) is 0 Å². The van der Waals surface area contributed by atoms with Gasteiger partial charge in [-0.05, 0) is 36.5 Å². The molecule has 5 nitrogen and oxygen atoms in total. The topological polar surface area (TPSA) is 75.6 Å². The van der Waals surface area contributed by atoms with Crippen LogP contribution in [0.5, 0.6) is 5.75 Å². The zero-order valence-corrected chi connectivity index (χ0v) is 15.3. The third kappa shape index (κ3) is 6.60. The van der Waals surface area contributed by atoms with Gasteiger partial charge in [0.2, 0.25) is 5.91 Å². The largest absolute Gasteiger partial charge is 0.493 e. The lowest BCUT2D eigenvalue weighted by Crippen LogP contribution is -2.51. The standard InChI is InChI=1S/C19H29NO4/c1-13(2)12-24-16-8-6-15(7-9-16)10-17(21)20-19(5,14(3)4)11-18(22)23/h6-9,13-14H,10-12H2,1-5H3,(H,20,21)(H,22,23). The lowest BCUT2D eigenvalue weighted by molar-refractivity contribution is -0.139. The van der Waals surface area contributed by atoms with Crippen LogP contribution in [0.2, 0.25) is 0 Å². The molecule has 0 radical (unpaired) electrons. The van der Waals surface area contributed by atoms with Crippen LogP contribution in [0, 0.1) is 11.8 Å². The highest BCUT2D eigenvalue weighted by molar-refractivity contribution is 5.80. The van der Waals surface area contributed by atoms with Gasteiger partial charge < -0.3 is 15.2 Å². The number of hydrogen-bond donors (Lipinski definition) is 2. The number of carbonyl (C=O) groups excluding carboxylic acids is 1. The summed E-state index contributed by atoms with van der Waals surface area (Å²) in [5.41, 5.74) is 0.106. The van der Waals surface area contributed by atoms with Gasteiger partial charge in [-0.25, -0.2) is 0 Å². The van der Waals surface area contributed by atoms with E-state index in [9.17, 15) is 9.59 Å². The number of ether oxygens (including phenoxy) is 1. The molecule has 1 aromatic rings. The summed E-state index contributed by atoms with van der Waals surface area (Å²) < 4.78 is 5.62. The van der Waals surface area contributed by atoms with Crippen molar-refractivity contribution in [2.45, 2.75) is 53.0 Å². The van der Waals surface area contributed by atoms with E-state index in [0.717, 1.165) is 11.3 Å². The second-order valence-corrected chi connectivity index (χ2v) is 7.22. The van der Waals surface area contributed by atoms with Crippen LogP contribution < -0.4 is 10.1 Å². The smallest absolute Gasteiger partial charge is 0.305 e. The molecule has 24 heavy (non-hydrogen) atoms. The monoisotopic (exact) mass is 335 g/mol. The van der Waals surface area contributed by atoms with Gasteiger partial charge in [0.15, 0.2) is 0 Å². The van der Waals surface area contributed by atoms with Crippen molar-refractivity contribution in [2.75, 3.05) is 6.61 Å². The zero-order chi connectivity index (χ0) is 18.3. The molecule has 0 bridgehead atoms. The van der Waals surface area contributed by atoms with E-state index in [1.807, 2.05) is 38.1 Å². The maximum Gasteiger partial charge on any atom is 0.305 e. The van der Waals surface area contributed by atoms with Gasteiger partial charge in [-0.1, -0.05) is 39.8 Å². The number of aliphatic carboxylic acids is 1. The van der Waals surface area contributed by atoms with Crippen molar-refractivity contribution < 1.29 is 19.4 Å². The van der Waals surface area contributed by atoms with Crippen molar-refractivity contribution in [3.63, 3.8) is 0 Å². The Hall–Kier alpha value is -2.04. The highest BCUT2D eigenvalue weighted by atomic mass is 16.5. The maximum absolute atomic E-state index is 12.3. The van der Waals surface area contributed by atoms with E-state index in [1.165, 1.54) is 0 Å². The van der Waals surface area contributed by atoms with Crippen LogP contribution >= 0.6 is 0 Å². The number of nitrogens with one attached hydrogen (secondary N) is 1. The van der Waals surface area contributed by atoms with Crippen LogP contribution in [0.4, 0.5) is 0 Å². The van der Waals surface area contributed by atoms with Crippen molar-refractivity contribution in [1.82, 2.24) is 5.32 Å². The summed E-state index contributed by atoms with van der Waals surface area (Å²) in [6.07, 6.45) is 0.116. The van der Waals surface area contributed by atoms with Gasteiger partial charge in [0.05, 0.1) is 19.4 Å². The average molecular weight is 335 g/mol. The number of carboxylic acids is 1. The van der Waals surface area contributed by atoms with E-state index < -0.39 is 11.5 Å². The minimum atomic E-state index is -0.918. The Morgan fingerprint density at radius 2 is 1.75 bits per heavy atom. The molecule has 134 valence electrons. The number of rotatable bonds is 9. The number of hydrogen-bond acceptors (Lipinski definition) is 3. The highest BCUT2D eigenvalue weighted by Gasteiger charge is 2.32. The molecule has 0 aliphatic carbocycles. The molecule has 0 fully saturated rings. The van der Waals surface area contributed by atoms with Crippen LogP contribution in [0.1, 0.15) is 46.6 Å². The predicted molar refractivity (Wildman–Crippen MR) is 94.1 cm³/mol. The first-order chi connectivity index (χ1) is 11.1. The Bertz CT molecular complexity index is 551. The SMILES string of the molecule is CC(C)COc1ccc(CC(=O)NC(C)(CC(=O)O)C(C)C)cc1. The normalized spacial score (nSPS) is 13.6. The molecule has 0 aliphatic heterocycles. The number of amides is 1. The Morgan fingerprint density at radius 1 is 1.17 bits per heavy atom. The van der Waals surface area contributed by atoms with Gasteiger partial charge >= 0.3 is 5.97 Å². The molecule has 1 atom stereocenters. The third-order valence-corrected chi connectivity index (χ3v) is 4.09. The van der Waals surface area contributed by atoms with Gasteiger partial charge in [-0.3, -0.25) is 9.59 Å². The third-order valence-electron chi connectivity index (χ3n) is 4.09. The van der Waals surface area contributed by atoms with Crippen molar-refractivity contribution in [3.05, 3.63) is 29.8 Å². The summed E-state index contributed by atoms with van der Waals surface area (Å²) >= 11 is 0. The summed E-state index contributed by atoms with van der Waals surface area (Å²) in [5.74, 6) is 0.162. The van der Waals surface area contributed by atoms with E-state index >= 15 is 0 Å². The van der Waals surface area contributed by atoms with Crippen molar-refractivity contribution in [1.29, 1.82) is 0 Å². The molecule has 0 heterocycles. The Labute approximate surface area is 144 Å². The van der Waals surface area contributed by atoms with Crippen LogP contribution in [-0.4, -0.2) is 29.1 Å². The fourth-order valence-electron chi connectivity index (χ4n) is 2.22. The first kappa shape index (κ1) is 20.0. The summed E-state index contributed by atoms with van der Waals surface area (Å²) in [4.78, 5) is 23.3. The minimum Gasteiger partial charge on any atom is -0.493 e. The fourth-order valence-corrected chi connectivity index (χ4v) is 2.22. The Morgan fingerprint density at radius 3 is 2.21 bits per heavy atom. The lowest BCUT2D eigenvalue weighted by Gasteiger charge is -2.33. The fraction of sp³-hybridized carbons (Fsp3) is 0.579. The van der Waals surface area contributed by atoms with Gasteiger partial charge in [-0.15, -0.1) is 0 Å². The summed E-state index contributed by atoms with van der Waals surface area (Å²) in [5, 5.41) is 11.9. The molecule has 0 aromatic heterocycles. The molecule has 1 aromatic carbocycles. The van der Waals surface area contributed by atoms with Crippen molar-refractivity contribution in [2.24, 2.45) is 11.8 Å². The van der Waals surface area contributed by atoms with E-state index in [0.29, 0.717) is 12.5 Å². The van der Waals surface area contributed by atoms with Crippen LogP contribution in [-0.2, 0) is 16.0 Å². The quantitative estimate of drug-likeness (QED) is 0.726. The average Bonchev–Trinajstić information content (AvgIpc) is 2.45. The predicted octanol–water partition coefficient (Wildman–Crippen LogP) is 3.27. The van der Waals surface area contributed by atoms with E-state index in [2.05, 4.69) is 19.2 Å². The van der Waals surface area contributed by atoms with Crippen molar-refractivity contribution >= 4 is 11.9 Å². The second-order valence-electron chi connectivity index (χ2n) is 7.22. The van der Waals surface area contributed by atoms with Crippen LogP contribution in [0.15, 0.2) is 24.3 Å². The first-order valence-electron chi connectivity index (χ1n) is 8.37. The molecule has 1 unspecified atom stereocenters. The number of carbonyl (C=O) groups is 2. The van der Waals surface area contributed by atoms with E-state index in [1.54, 1.807) is 6.92 Å². The molecular weight excluding hydrogens is 306 g/mol. The summed E-state index contributed by atoms with van der Waals surface area (Å²) in [6.45, 7) is 10.4. The molecule has 0 saturated heterocycles. The summed E-state index contributed by atoms with van der Waals surface area (Å²) in [7, 11) is 0. The Balaban J connectivity index is 2.65. The molecule has 0 saturated carbocycles. The van der Waals surface area contributed by atoms with Crippen LogP contribution in [0.3, 0.4) is 0 Å². The maximum atomic E-state index is 12.3. The summed E-state index contributed by atoms with van der Waals surface area (Å²) in [6, 6.07) is 7.42. The second kappa shape index (κ2) is 8.71. The zero-order valence-electron chi connectivity index (χ0n) is 15.3. The van der Waals surface area contributed by atoms with E-state index in [4.69, 9.17) is 9.84 Å². The highest BCUT2D eigenvalue weighted by Crippen LogP contribution is 2.21. The van der Waals surface area contributed by atoms with Crippen molar-refractivity contribution in [3.8, 4) is 5.75 Å². The van der Waals surface area contributed by atoms with Gasteiger partial charge in [0.25, 0.3) is 0 Å². The lowest BCUT2D eigenvalue weighted by atomic mass is 9.85. The molecular formula is C19H29NO4. The molecule has 0 aliphatic rings. The van der Waals surface area contributed by atoms with Gasteiger partial charge in [0.1, 0.15) is 5.75 Å². The molecule has 1 amide bonds. The van der Waals surface area contributed by atoms with Gasteiger partial charge in [-0.2, -0.15) is 0 Å². The molecule has 5 heteroatoms. The molecule has 1 rings (SSSR count). The Kier molecular flexibility index (Phi) is 7.26. The minimum absolute atomic E-state index is 0.0179. The number of carboxylic acid groups (broad SMARTS) is 1. The molecule has 0 spiro atoms. The van der Waals surface area contributed by atoms with E-state index in [-0.39, 0.29) is 24.7 Å².